The summed E-state index contributed by atoms with van der Waals surface area (Å²) in [7, 11) is 0. The van der Waals surface area contributed by atoms with Crippen LogP contribution in [0.4, 0.5) is 22.0 Å². The fraction of sp³-hybridized carbons (Fsp3) is 0.657. The third-order valence-corrected chi connectivity index (χ3v) is 10.7. The monoisotopic (exact) mass is 560 g/mol. The average Bonchev–Trinajstić information content (AvgIpc) is 2.96. The van der Waals surface area contributed by atoms with Crippen LogP contribution >= 0.6 is 0 Å². The molecule has 0 saturated heterocycles. The van der Waals surface area contributed by atoms with Crippen molar-refractivity contribution in [2.45, 2.75) is 127 Å². The van der Waals surface area contributed by atoms with Gasteiger partial charge >= 0.3 is 0 Å². The zero-order valence-electron chi connectivity index (χ0n) is 24.0. The maximum absolute atomic E-state index is 15.4. The summed E-state index contributed by atoms with van der Waals surface area (Å²) in [6, 6.07) is 5.24. The molecular weight excluding hydrogens is 515 g/mol. The summed E-state index contributed by atoms with van der Waals surface area (Å²) in [5, 5.41) is 0. The Labute approximate surface area is 237 Å². The van der Waals surface area contributed by atoms with Gasteiger partial charge in [0.1, 0.15) is 11.6 Å². The normalized spacial score (nSPS) is 29.4. The third kappa shape index (κ3) is 6.76. The van der Waals surface area contributed by atoms with Gasteiger partial charge in [-0.15, -0.1) is 0 Å². The van der Waals surface area contributed by atoms with Crippen LogP contribution in [0.25, 0.3) is 0 Å². The second-order valence-electron chi connectivity index (χ2n) is 13.1. The zero-order chi connectivity index (χ0) is 28.2. The van der Waals surface area contributed by atoms with Crippen LogP contribution in [0.1, 0.15) is 144 Å². The van der Waals surface area contributed by atoms with E-state index in [1.165, 1.54) is 51.4 Å². The highest BCUT2D eigenvalue weighted by molar-refractivity contribution is 5.32. The molecule has 220 valence electrons. The molecule has 3 fully saturated rings. The molecule has 40 heavy (non-hydrogen) atoms. The maximum atomic E-state index is 15.4. The van der Waals surface area contributed by atoms with Gasteiger partial charge in [-0.05, 0) is 135 Å². The summed E-state index contributed by atoms with van der Waals surface area (Å²) in [6.07, 6.45) is 17.4. The smallest absolute Gasteiger partial charge is 0.194 e. The number of unbranched alkanes of at least 4 members (excludes halogenated alkanes) is 2. The van der Waals surface area contributed by atoms with Gasteiger partial charge in [-0.3, -0.25) is 0 Å². The van der Waals surface area contributed by atoms with E-state index in [-0.39, 0.29) is 23.3 Å². The molecule has 0 atom stereocenters. The van der Waals surface area contributed by atoms with Crippen molar-refractivity contribution >= 4 is 0 Å². The number of halogens is 5. The summed E-state index contributed by atoms with van der Waals surface area (Å²) < 4.78 is 71.5. The molecule has 5 rings (SSSR count). The van der Waals surface area contributed by atoms with Crippen molar-refractivity contribution in [3.8, 4) is 0 Å². The van der Waals surface area contributed by atoms with Crippen LogP contribution < -0.4 is 0 Å². The lowest BCUT2D eigenvalue weighted by molar-refractivity contribution is 0.155. The maximum Gasteiger partial charge on any atom is 0.194 e. The first-order valence-electron chi connectivity index (χ1n) is 16.0. The lowest BCUT2D eigenvalue weighted by Gasteiger charge is -2.38. The Balaban J connectivity index is 1.13. The average molecular weight is 561 g/mol. The molecule has 0 heterocycles. The molecule has 2 aromatic rings. The Hall–Kier alpha value is -1.91. The molecule has 3 saturated carbocycles. The Morgan fingerprint density at radius 3 is 1.45 bits per heavy atom. The number of rotatable bonds is 8. The number of hydrogen-bond acceptors (Lipinski definition) is 0. The van der Waals surface area contributed by atoms with E-state index in [9.17, 15) is 13.2 Å². The summed E-state index contributed by atoms with van der Waals surface area (Å²) in [6.45, 7) is 2.27. The molecular formula is C35H45F5. The fourth-order valence-electron chi connectivity index (χ4n) is 8.31. The van der Waals surface area contributed by atoms with E-state index in [1.54, 1.807) is 12.1 Å². The minimum Gasteiger partial charge on any atom is -0.207 e. The van der Waals surface area contributed by atoms with Crippen molar-refractivity contribution in [3.05, 3.63) is 70.0 Å². The van der Waals surface area contributed by atoms with Gasteiger partial charge in [0.25, 0.3) is 0 Å². The van der Waals surface area contributed by atoms with Gasteiger partial charge in [0.05, 0.1) is 0 Å². The molecule has 0 nitrogen and oxygen atoms in total. The minimum absolute atomic E-state index is 0.141. The van der Waals surface area contributed by atoms with E-state index < -0.39 is 29.1 Å². The van der Waals surface area contributed by atoms with Crippen LogP contribution in [0.5, 0.6) is 0 Å². The minimum atomic E-state index is -1.46. The highest BCUT2D eigenvalue weighted by atomic mass is 19.2. The van der Waals surface area contributed by atoms with Gasteiger partial charge in [0.2, 0.25) is 0 Å². The lowest BCUT2D eigenvalue weighted by atomic mass is 9.68. The molecule has 0 bridgehead atoms. The van der Waals surface area contributed by atoms with Gasteiger partial charge in [0.15, 0.2) is 17.5 Å². The molecule has 5 heteroatoms. The highest BCUT2D eigenvalue weighted by Crippen LogP contribution is 2.46. The second kappa shape index (κ2) is 13.4. The number of hydrogen-bond donors (Lipinski definition) is 0. The second-order valence-corrected chi connectivity index (χ2v) is 13.1. The standard InChI is InChI=1S/C35H45F5/c1-2-3-4-5-22-6-8-23(9-7-22)24-10-12-25(13-11-24)28-18-30(36)34(31(37)19-28)27-16-14-26(15-17-27)29-20-32(38)35(40)33(39)21-29/h18-27H,2-17H2,1H3/t22?,23?,24?,25?,26-,27-. The van der Waals surface area contributed by atoms with Crippen molar-refractivity contribution in [2.75, 3.05) is 0 Å². The first-order chi connectivity index (χ1) is 19.3. The van der Waals surface area contributed by atoms with Crippen molar-refractivity contribution < 1.29 is 22.0 Å². The van der Waals surface area contributed by atoms with Crippen molar-refractivity contribution in [3.63, 3.8) is 0 Å². The summed E-state index contributed by atoms with van der Waals surface area (Å²) in [4.78, 5) is 0. The molecule has 0 aromatic heterocycles. The van der Waals surface area contributed by atoms with Gasteiger partial charge in [0, 0.05) is 5.56 Å². The Morgan fingerprint density at radius 1 is 0.525 bits per heavy atom. The molecule has 3 aliphatic rings. The van der Waals surface area contributed by atoms with E-state index in [0.717, 1.165) is 61.1 Å². The number of benzene rings is 2. The van der Waals surface area contributed by atoms with Crippen LogP contribution in [0, 0.1) is 46.8 Å². The molecule has 0 amide bonds. The largest absolute Gasteiger partial charge is 0.207 e. The molecule has 0 radical (unpaired) electrons. The van der Waals surface area contributed by atoms with Crippen molar-refractivity contribution in [2.24, 2.45) is 17.8 Å². The molecule has 0 spiro atoms. The van der Waals surface area contributed by atoms with E-state index >= 15 is 8.78 Å². The quantitative estimate of drug-likeness (QED) is 0.171. The fourth-order valence-corrected chi connectivity index (χ4v) is 8.31. The van der Waals surface area contributed by atoms with Crippen molar-refractivity contribution in [1.82, 2.24) is 0 Å². The Kier molecular flexibility index (Phi) is 9.89. The van der Waals surface area contributed by atoms with Crippen LogP contribution in [-0.2, 0) is 0 Å². The first kappa shape index (κ1) is 29.6. The molecule has 0 aliphatic heterocycles. The predicted octanol–water partition coefficient (Wildman–Crippen LogP) is 11.5. The van der Waals surface area contributed by atoms with Gasteiger partial charge in [-0.1, -0.05) is 45.4 Å². The van der Waals surface area contributed by atoms with Gasteiger partial charge in [-0.2, -0.15) is 0 Å². The Morgan fingerprint density at radius 2 is 0.950 bits per heavy atom. The van der Waals surface area contributed by atoms with Gasteiger partial charge in [-0.25, -0.2) is 22.0 Å². The molecule has 0 unspecified atom stereocenters. The topological polar surface area (TPSA) is 0 Å². The summed E-state index contributed by atoms with van der Waals surface area (Å²) >= 11 is 0. The molecule has 2 aromatic carbocycles. The first-order valence-corrected chi connectivity index (χ1v) is 16.0. The van der Waals surface area contributed by atoms with E-state index in [0.29, 0.717) is 31.2 Å². The van der Waals surface area contributed by atoms with E-state index in [4.69, 9.17) is 0 Å². The van der Waals surface area contributed by atoms with Crippen molar-refractivity contribution in [1.29, 1.82) is 0 Å². The van der Waals surface area contributed by atoms with Crippen LogP contribution in [0.15, 0.2) is 24.3 Å². The van der Waals surface area contributed by atoms with Gasteiger partial charge < -0.3 is 0 Å². The zero-order valence-corrected chi connectivity index (χ0v) is 24.0. The molecule has 0 N–H and O–H groups in total. The van der Waals surface area contributed by atoms with E-state index in [2.05, 4.69) is 6.92 Å². The van der Waals surface area contributed by atoms with E-state index in [1.807, 2.05) is 0 Å². The Bertz CT molecular complexity index is 1070. The SMILES string of the molecule is CCCCCC1CCC(C2CCC(c3cc(F)c([C@H]4CC[C@H](c5cc(F)c(F)c(F)c5)CC4)c(F)c3)CC2)CC1. The third-order valence-electron chi connectivity index (χ3n) is 10.7. The predicted molar refractivity (Wildman–Crippen MR) is 151 cm³/mol. The van der Waals surface area contributed by atoms with Crippen LogP contribution in [0.2, 0.25) is 0 Å². The summed E-state index contributed by atoms with van der Waals surface area (Å²) in [5.41, 5.74) is 1.37. The van der Waals surface area contributed by atoms with Crippen LogP contribution in [-0.4, -0.2) is 0 Å². The lowest BCUT2D eigenvalue weighted by Crippen LogP contribution is -2.25. The summed E-state index contributed by atoms with van der Waals surface area (Å²) in [5.74, 6) is -2.42. The molecule has 3 aliphatic carbocycles. The van der Waals surface area contributed by atoms with Crippen LogP contribution in [0.3, 0.4) is 0 Å². The highest BCUT2D eigenvalue weighted by Gasteiger charge is 2.33.